The summed E-state index contributed by atoms with van der Waals surface area (Å²) in [6.45, 7) is 0. The summed E-state index contributed by atoms with van der Waals surface area (Å²) in [5.41, 5.74) is -0.859. The van der Waals surface area contributed by atoms with Crippen molar-refractivity contribution in [1.29, 1.82) is 0 Å². The molecule has 0 aliphatic rings. The molecule has 2 rings (SSSR count). The fourth-order valence-corrected chi connectivity index (χ4v) is 2.51. The summed E-state index contributed by atoms with van der Waals surface area (Å²) < 4.78 is 91.0. The smallest absolute Gasteiger partial charge is 0.336 e. The van der Waals surface area contributed by atoms with Crippen molar-refractivity contribution < 1.29 is 35.8 Å². The third-order valence-electron chi connectivity index (χ3n) is 3.13. The Balaban J connectivity index is 2.13. The van der Waals surface area contributed by atoms with Gasteiger partial charge in [-0.1, -0.05) is 6.07 Å². The van der Waals surface area contributed by atoms with E-state index in [4.69, 9.17) is 4.74 Å². The van der Waals surface area contributed by atoms with E-state index >= 15 is 0 Å². The lowest BCUT2D eigenvalue weighted by Gasteiger charge is -2.26. The van der Waals surface area contributed by atoms with E-state index in [9.17, 15) is 26.3 Å². The first-order valence-electron chi connectivity index (χ1n) is 6.57. The Labute approximate surface area is 137 Å². The predicted molar refractivity (Wildman–Crippen MR) is 76.0 cm³/mol. The van der Waals surface area contributed by atoms with Crippen molar-refractivity contribution in [2.24, 2.45) is 0 Å². The van der Waals surface area contributed by atoms with Gasteiger partial charge >= 0.3 is 11.8 Å². The molecule has 0 spiro atoms. The molecule has 0 fully saturated rings. The van der Waals surface area contributed by atoms with E-state index < -0.39 is 35.0 Å². The fourth-order valence-electron chi connectivity index (χ4n) is 1.80. The Hall–Kier alpha value is -1.74. The Morgan fingerprint density at radius 3 is 2.00 bits per heavy atom. The summed E-state index contributed by atoms with van der Waals surface area (Å²) in [5.74, 6) is -8.32. The molecular weight excluding hydrogens is 358 g/mol. The molecule has 9 heteroatoms. The molecule has 0 aliphatic heterocycles. The number of thiophene rings is 1. The Kier molecular flexibility index (Phi) is 5.44. The summed E-state index contributed by atoms with van der Waals surface area (Å²) in [4.78, 5) is -0.755. The number of benzene rings is 1. The Morgan fingerprint density at radius 2 is 1.50 bits per heavy atom. The Bertz CT molecular complexity index is 644. The zero-order valence-electron chi connectivity index (χ0n) is 12.2. The van der Waals surface area contributed by atoms with E-state index in [0.717, 1.165) is 30.3 Å². The number of rotatable bonds is 7. The molecule has 0 bridgehead atoms. The molecule has 0 saturated heterocycles. The maximum atomic E-state index is 13.9. The molecule has 1 heterocycles. The molecule has 2 nitrogen and oxygen atoms in total. The summed E-state index contributed by atoms with van der Waals surface area (Å²) in [6, 6.07) is 6.04. The molecule has 1 aromatic carbocycles. The second-order valence-electron chi connectivity index (χ2n) is 4.72. The van der Waals surface area contributed by atoms with Crippen LogP contribution < -0.4 is 4.74 Å². The lowest BCUT2D eigenvalue weighted by Crippen LogP contribution is -2.38. The van der Waals surface area contributed by atoms with Gasteiger partial charge in [0.2, 0.25) is 0 Å². The van der Waals surface area contributed by atoms with Gasteiger partial charge in [0.1, 0.15) is 5.75 Å². The van der Waals surface area contributed by atoms with E-state index in [0.29, 0.717) is 11.3 Å². The van der Waals surface area contributed by atoms with Crippen LogP contribution in [0, 0.1) is 0 Å². The number of halogens is 6. The van der Waals surface area contributed by atoms with E-state index in [1.54, 1.807) is 0 Å². The molecule has 0 N–H and O–H groups in total. The molecule has 0 amide bonds. The van der Waals surface area contributed by atoms with Crippen LogP contribution in [0.4, 0.5) is 26.3 Å². The highest BCUT2D eigenvalue weighted by Crippen LogP contribution is 2.41. The standard InChI is InChI=1S/C15H12F6O2S/c1-22-10-6-4-9(5-7-10)14(18,19)12(16)23-13(17)15(20,21)11-3-2-8-24-11/h2-8,12-13H,1H3/t12-,13+/m0/s1. The van der Waals surface area contributed by atoms with Gasteiger partial charge in [-0.2, -0.15) is 17.6 Å². The van der Waals surface area contributed by atoms with Gasteiger partial charge in [0.15, 0.2) is 0 Å². The van der Waals surface area contributed by atoms with Gasteiger partial charge in [-0.05, 0) is 35.7 Å². The number of alkyl halides is 6. The third kappa shape index (κ3) is 3.67. The first-order chi connectivity index (χ1) is 11.2. The van der Waals surface area contributed by atoms with Crippen molar-refractivity contribution in [3.8, 4) is 5.75 Å². The van der Waals surface area contributed by atoms with Gasteiger partial charge < -0.3 is 9.47 Å². The van der Waals surface area contributed by atoms with E-state index in [2.05, 4.69) is 4.74 Å². The average Bonchev–Trinajstić information content (AvgIpc) is 3.10. The van der Waals surface area contributed by atoms with Crippen molar-refractivity contribution in [2.45, 2.75) is 24.6 Å². The number of hydrogen-bond acceptors (Lipinski definition) is 3. The van der Waals surface area contributed by atoms with Crippen LogP contribution in [0.1, 0.15) is 10.4 Å². The monoisotopic (exact) mass is 370 g/mol. The first-order valence-corrected chi connectivity index (χ1v) is 7.45. The normalized spacial score (nSPS) is 15.1. The molecule has 2 atom stereocenters. The van der Waals surface area contributed by atoms with Crippen LogP contribution in [-0.2, 0) is 16.6 Å². The van der Waals surface area contributed by atoms with E-state index in [1.807, 2.05) is 0 Å². The second kappa shape index (κ2) is 7.02. The quantitative estimate of drug-likeness (QED) is 0.620. The topological polar surface area (TPSA) is 18.5 Å². The third-order valence-corrected chi connectivity index (χ3v) is 4.09. The van der Waals surface area contributed by atoms with Crippen molar-refractivity contribution in [3.63, 3.8) is 0 Å². The van der Waals surface area contributed by atoms with Gasteiger partial charge in [-0.15, -0.1) is 11.3 Å². The van der Waals surface area contributed by atoms with Gasteiger partial charge in [-0.3, -0.25) is 0 Å². The minimum Gasteiger partial charge on any atom is -0.497 e. The predicted octanol–water partition coefficient (Wildman–Crippen LogP) is 5.25. The molecule has 0 aliphatic carbocycles. The zero-order valence-corrected chi connectivity index (χ0v) is 13.0. The molecule has 24 heavy (non-hydrogen) atoms. The highest BCUT2D eigenvalue weighted by molar-refractivity contribution is 7.10. The number of hydrogen-bond donors (Lipinski definition) is 0. The molecule has 1 aromatic heterocycles. The van der Waals surface area contributed by atoms with Gasteiger partial charge in [0.25, 0.3) is 12.7 Å². The molecule has 132 valence electrons. The fraction of sp³-hybridized carbons (Fsp3) is 0.333. The Morgan fingerprint density at radius 1 is 0.917 bits per heavy atom. The molecule has 0 unspecified atom stereocenters. The summed E-state index contributed by atoms with van der Waals surface area (Å²) in [7, 11) is 1.30. The molecule has 0 saturated carbocycles. The van der Waals surface area contributed by atoms with Crippen molar-refractivity contribution in [3.05, 3.63) is 52.2 Å². The van der Waals surface area contributed by atoms with Gasteiger partial charge in [0.05, 0.1) is 12.0 Å². The van der Waals surface area contributed by atoms with Gasteiger partial charge in [-0.25, -0.2) is 8.78 Å². The van der Waals surface area contributed by atoms with Crippen molar-refractivity contribution in [1.82, 2.24) is 0 Å². The minimum atomic E-state index is -4.32. The van der Waals surface area contributed by atoms with Crippen LogP contribution in [0.3, 0.4) is 0 Å². The summed E-state index contributed by atoms with van der Waals surface area (Å²) in [5, 5.41) is 1.24. The van der Waals surface area contributed by atoms with Crippen LogP contribution >= 0.6 is 11.3 Å². The number of ether oxygens (including phenoxy) is 2. The maximum absolute atomic E-state index is 13.9. The SMILES string of the molecule is COc1ccc(C(F)(F)[C@@H](F)O[C@@H](F)C(F)(F)c2cccs2)cc1. The van der Waals surface area contributed by atoms with Gasteiger partial charge in [0, 0.05) is 5.56 Å². The average molecular weight is 370 g/mol. The van der Waals surface area contributed by atoms with Crippen LogP contribution in [0.15, 0.2) is 41.8 Å². The lowest BCUT2D eigenvalue weighted by atomic mass is 10.1. The van der Waals surface area contributed by atoms with Crippen molar-refractivity contribution in [2.75, 3.05) is 7.11 Å². The lowest BCUT2D eigenvalue weighted by molar-refractivity contribution is -0.294. The highest BCUT2D eigenvalue weighted by atomic mass is 32.1. The van der Waals surface area contributed by atoms with E-state index in [1.165, 1.54) is 18.6 Å². The molecule has 2 aromatic rings. The summed E-state index contributed by atoms with van der Waals surface area (Å²) >= 11 is 0.499. The van der Waals surface area contributed by atoms with Crippen LogP contribution in [0.5, 0.6) is 5.75 Å². The summed E-state index contributed by atoms with van der Waals surface area (Å²) in [6.07, 6.45) is -7.15. The maximum Gasteiger partial charge on any atom is 0.336 e. The zero-order chi connectivity index (χ0) is 18.0. The highest BCUT2D eigenvalue weighted by Gasteiger charge is 2.51. The largest absolute Gasteiger partial charge is 0.497 e. The van der Waals surface area contributed by atoms with Crippen LogP contribution in [0.2, 0.25) is 0 Å². The molecule has 0 radical (unpaired) electrons. The van der Waals surface area contributed by atoms with Crippen LogP contribution in [-0.4, -0.2) is 19.8 Å². The van der Waals surface area contributed by atoms with E-state index in [-0.39, 0.29) is 5.75 Å². The van der Waals surface area contributed by atoms with Crippen LogP contribution in [0.25, 0.3) is 0 Å². The minimum absolute atomic E-state index is 0.235. The van der Waals surface area contributed by atoms with Crippen molar-refractivity contribution >= 4 is 11.3 Å². The first kappa shape index (κ1) is 18.6. The second-order valence-corrected chi connectivity index (χ2v) is 5.67. The number of methoxy groups -OCH3 is 1. The molecular formula is C15H12F6O2S.